The van der Waals surface area contributed by atoms with Crippen molar-refractivity contribution in [1.29, 1.82) is 0 Å². The molecule has 0 bridgehead atoms. The lowest BCUT2D eigenvalue weighted by atomic mass is 9.90. The highest BCUT2D eigenvalue weighted by Crippen LogP contribution is 2.32. The molecule has 18 heavy (non-hydrogen) atoms. The van der Waals surface area contributed by atoms with Gasteiger partial charge in [0.1, 0.15) is 11.4 Å². The molecule has 1 aromatic heterocycles. The number of nitrogens with one attached hydrogen (secondary N) is 1. The molecule has 0 aliphatic heterocycles. The molecule has 90 valence electrons. The number of Topliss-reactive ketones (excluding diaryl/α,β-unsaturated/α-hetero) is 2. The van der Waals surface area contributed by atoms with Crippen molar-refractivity contribution in [1.82, 2.24) is 9.97 Å². The van der Waals surface area contributed by atoms with Crippen LogP contribution in [0.3, 0.4) is 0 Å². The summed E-state index contributed by atoms with van der Waals surface area (Å²) in [6, 6.07) is 7.03. The van der Waals surface area contributed by atoms with Crippen molar-refractivity contribution in [2.45, 2.75) is 0 Å². The number of ketones is 2. The Labute approximate surface area is 103 Å². The number of fused-ring (bicyclic) bond motifs is 3. The van der Waals surface area contributed by atoms with Crippen LogP contribution in [-0.2, 0) is 0 Å². The first kappa shape index (κ1) is 10.7. The van der Waals surface area contributed by atoms with Crippen molar-refractivity contribution in [2.75, 3.05) is 19.0 Å². The van der Waals surface area contributed by atoms with E-state index in [4.69, 9.17) is 0 Å². The van der Waals surface area contributed by atoms with Gasteiger partial charge in [-0.3, -0.25) is 9.59 Å². The van der Waals surface area contributed by atoms with Crippen LogP contribution in [0, 0.1) is 0 Å². The maximum absolute atomic E-state index is 12.0. The van der Waals surface area contributed by atoms with E-state index >= 15 is 0 Å². The van der Waals surface area contributed by atoms with Crippen molar-refractivity contribution in [2.24, 2.45) is 0 Å². The number of carbonyl (C=O) groups excluding carboxylic acids is 2. The van der Waals surface area contributed by atoms with Gasteiger partial charge < -0.3 is 9.88 Å². The number of anilines is 1. The molecule has 0 amide bonds. The number of hydrogen-bond donors (Lipinski definition) is 1. The minimum Gasteiger partial charge on any atom is -0.349 e. The number of H-pyrrole nitrogens is 1. The van der Waals surface area contributed by atoms with Gasteiger partial charge in [-0.05, 0) is 0 Å². The second kappa shape index (κ2) is 3.53. The fourth-order valence-corrected chi connectivity index (χ4v) is 2.06. The lowest BCUT2D eigenvalue weighted by Crippen LogP contribution is -2.21. The number of imidazole rings is 1. The van der Waals surface area contributed by atoms with Gasteiger partial charge in [-0.25, -0.2) is 4.98 Å². The summed E-state index contributed by atoms with van der Waals surface area (Å²) in [5.74, 6) is -0.436. The van der Waals surface area contributed by atoms with Crippen LogP contribution in [0.4, 0.5) is 5.95 Å². The zero-order valence-electron chi connectivity index (χ0n) is 10.0. The summed E-state index contributed by atoms with van der Waals surface area (Å²) < 4.78 is 0. The smallest absolute Gasteiger partial charge is 0.252 e. The van der Waals surface area contributed by atoms with Crippen LogP contribution in [-0.4, -0.2) is 35.6 Å². The zero-order chi connectivity index (χ0) is 12.9. The molecule has 0 saturated carbocycles. The molecule has 0 radical (unpaired) electrons. The molecule has 1 aliphatic carbocycles. The Morgan fingerprint density at radius 2 is 1.72 bits per heavy atom. The van der Waals surface area contributed by atoms with Gasteiger partial charge in [0, 0.05) is 25.2 Å². The largest absolute Gasteiger partial charge is 0.349 e. The van der Waals surface area contributed by atoms with Gasteiger partial charge in [-0.15, -0.1) is 0 Å². The minimum atomic E-state index is -0.524. The molecule has 1 heterocycles. The van der Waals surface area contributed by atoms with Crippen LogP contribution in [0.5, 0.6) is 0 Å². The van der Waals surface area contributed by atoms with Crippen molar-refractivity contribution < 1.29 is 9.59 Å². The summed E-state index contributed by atoms with van der Waals surface area (Å²) in [7, 11) is 3.64. The van der Waals surface area contributed by atoms with Crippen LogP contribution < -0.4 is 4.90 Å². The van der Waals surface area contributed by atoms with Crippen molar-refractivity contribution in [3.8, 4) is 11.3 Å². The van der Waals surface area contributed by atoms with E-state index < -0.39 is 11.6 Å². The summed E-state index contributed by atoms with van der Waals surface area (Å²) in [5, 5.41) is 0. The Balaban J connectivity index is 2.31. The van der Waals surface area contributed by atoms with Crippen molar-refractivity contribution >= 4 is 17.5 Å². The van der Waals surface area contributed by atoms with E-state index in [1.165, 1.54) is 0 Å². The summed E-state index contributed by atoms with van der Waals surface area (Å²) in [6.45, 7) is 0. The Hall–Kier alpha value is -2.43. The first-order chi connectivity index (χ1) is 8.59. The SMILES string of the molecule is CN(C)c1nc2c([nH]1)C(=O)C(=O)c1ccccc1-2. The van der Waals surface area contributed by atoms with Gasteiger partial charge in [0.2, 0.25) is 11.7 Å². The molecule has 0 unspecified atom stereocenters. The van der Waals surface area contributed by atoms with Crippen LogP contribution in [0.15, 0.2) is 24.3 Å². The molecule has 1 aliphatic rings. The molecule has 3 rings (SSSR count). The zero-order valence-corrected chi connectivity index (χ0v) is 10.0. The third kappa shape index (κ3) is 1.30. The van der Waals surface area contributed by atoms with E-state index in [0.29, 0.717) is 22.8 Å². The van der Waals surface area contributed by atoms with Crippen molar-refractivity contribution in [3.05, 3.63) is 35.5 Å². The number of benzene rings is 1. The lowest BCUT2D eigenvalue weighted by molar-refractivity contribution is 0.0812. The molecular weight excluding hydrogens is 230 g/mol. The van der Waals surface area contributed by atoms with Crippen LogP contribution in [0.25, 0.3) is 11.3 Å². The average Bonchev–Trinajstić information content (AvgIpc) is 2.81. The van der Waals surface area contributed by atoms with E-state index in [1.54, 1.807) is 23.1 Å². The summed E-state index contributed by atoms with van der Waals surface area (Å²) >= 11 is 0. The van der Waals surface area contributed by atoms with E-state index in [2.05, 4.69) is 9.97 Å². The quantitative estimate of drug-likeness (QED) is 0.769. The second-order valence-corrected chi connectivity index (χ2v) is 4.38. The third-order valence-corrected chi connectivity index (χ3v) is 2.98. The molecule has 2 aromatic rings. The molecule has 0 fully saturated rings. The number of hydrogen-bond acceptors (Lipinski definition) is 4. The highest BCUT2D eigenvalue weighted by molar-refractivity contribution is 6.52. The Morgan fingerprint density at radius 3 is 2.39 bits per heavy atom. The van der Waals surface area contributed by atoms with Gasteiger partial charge in [-0.1, -0.05) is 24.3 Å². The first-order valence-electron chi connectivity index (χ1n) is 5.55. The normalized spacial score (nSPS) is 13.2. The maximum Gasteiger partial charge on any atom is 0.252 e. The van der Waals surface area contributed by atoms with Gasteiger partial charge in [0.15, 0.2) is 0 Å². The number of aromatic nitrogens is 2. The van der Waals surface area contributed by atoms with Gasteiger partial charge in [0.25, 0.3) is 5.78 Å². The monoisotopic (exact) mass is 241 g/mol. The van der Waals surface area contributed by atoms with Gasteiger partial charge in [0.05, 0.1) is 0 Å². The summed E-state index contributed by atoms with van der Waals surface area (Å²) in [6.07, 6.45) is 0. The van der Waals surface area contributed by atoms with Gasteiger partial charge >= 0.3 is 0 Å². The number of nitrogens with zero attached hydrogens (tertiary/aromatic N) is 2. The van der Waals surface area contributed by atoms with Crippen LogP contribution in [0.2, 0.25) is 0 Å². The molecular formula is C13H11N3O2. The van der Waals surface area contributed by atoms with E-state index in [9.17, 15) is 9.59 Å². The first-order valence-corrected chi connectivity index (χ1v) is 5.55. The molecule has 0 saturated heterocycles. The predicted octanol–water partition coefficient (Wildman–Crippen LogP) is 1.52. The van der Waals surface area contributed by atoms with Crippen molar-refractivity contribution in [3.63, 3.8) is 0 Å². The summed E-state index contributed by atoms with van der Waals surface area (Å²) in [4.78, 5) is 33.0. The highest BCUT2D eigenvalue weighted by Gasteiger charge is 2.33. The number of rotatable bonds is 1. The number of carbonyl (C=O) groups is 2. The minimum absolute atomic E-state index is 0.280. The fraction of sp³-hybridized carbons (Fsp3) is 0.154. The lowest BCUT2D eigenvalue weighted by Gasteiger charge is -2.11. The predicted molar refractivity (Wildman–Crippen MR) is 67.0 cm³/mol. The molecule has 1 N–H and O–H groups in total. The molecule has 5 heteroatoms. The maximum atomic E-state index is 12.0. The van der Waals surface area contributed by atoms with E-state index in [-0.39, 0.29) is 5.69 Å². The molecule has 1 aromatic carbocycles. The number of aromatic amines is 1. The van der Waals surface area contributed by atoms with Crippen LogP contribution >= 0.6 is 0 Å². The van der Waals surface area contributed by atoms with Gasteiger partial charge in [-0.2, -0.15) is 0 Å². The molecule has 0 atom stereocenters. The molecule has 0 spiro atoms. The second-order valence-electron chi connectivity index (χ2n) is 4.38. The average molecular weight is 241 g/mol. The van der Waals surface area contributed by atoms with E-state index in [0.717, 1.165) is 0 Å². The Morgan fingerprint density at radius 1 is 1.06 bits per heavy atom. The highest BCUT2D eigenvalue weighted by atomic mass is 16.2. The molecule has 5 nitrogen and oxygen atoms in total. The fourth-order valence-electron chi connectivity index (χ4n) is 2.06. The Bertz CT molecular complexity index is 671. The summed E-state index contributed by atoms with van der Waals surface area (Å²) in [5.41, 5.74) is 1.97. The standard InChI is InChI=1S/C13H11N3O2/c1-16(2)13-14-9-7-5-3-4-6-8(7)11(17)12(18)10(9)15-13/h3-6H,1-2H3,(H,14,15). The Kier molecular flexibility index (Phi) is 2.10. The topological polar surface area (TPSA) is 66.1 Å². The van der Waals surface area contributed by atoms with Crippen LogP contribution in [0.1, 0.15) is 20.8 Å². The van der Waals surface area contributed by atoms with E-state index in [1.807, 2.05) is 20.2 Å². The third-order valence-electron chi connectivity index (χ3n) is 2.98.